The van der Waals surface area contributed by atoms with Crippen LogP contribution in [0.1, 0.15) is 31.4 Å². The van der Waals surface area contributed by atoms with E-state index in [4.69, 9.17) is 4.74 Å². The zero-order valence-corrected chi connectivity index (χ0v) is 11.6. The van der Waals surface area contributed by atoms with Crippen LogP contribution in [-0.2, 0) is 4.74 Å². The molecule has 0 N–H and O–H groups in total. The molecule has 1 fully saturated rings. The van der Waals surface area contributed by atoms with Gasteiger partial charge >= 0.3 is 0 Å². The van der Waals surface area contributed by atoms with Gasteiger partial charge in [0, 0.05) is 12.2 Å². The van der Waals surface area contributed by atoms with Gasteiger partial charge in [-0.05, 0) is 55.7 Å². The van der Waals surface area contributed by atoms with E-state index in [1.807, 2.05) is 6.92 Å². The van der Waals surface area contributed by atoms with Crippen LogP contribution >= 0.6 is 0 Å². The lowest BCUT2D eigenvalue weighted by Gasteiger charge is -2.33. The number of hydrogen-bond acceptors (Lipinski definition) is 4. The van der Waals surface area contributed by atoms with Crippen LogP contribution in [0.25, 0.3) is 11.4 Å². The summed E-state index contributed by atoms with van der Waals surface area (Å²) in [4.78, 5) is 1.64. The first-order valence-corrected chi connectivity index (χ1v) is 6.85. The number of aryl methyl sites for hydroxylation is 1. The first-order chi connectivity index (χ1) is 9.67. The molecule has 1 heterocycles. The average Bonchev–Trinajstić information content (AvgIpc) is 2.86. The summed E-state index contributed by atoms with van der Waals surface area (Å²) < 4.78 is 18.8. The van der Waals surface area contributed by atoms with Crippen molar-refractivity contribution in [2.75, 3.05) is 6.61 Å². The van der Waals surface area contributed by atoms with Gasteiger partial charge in [-0.15, -0.1) is 10.2 Å². The second-order valence-corrected chi connectivity index (χ2v) is 5.10. The Morgan fingerprint density at radius 2 is 2.20 bits per heavy atom. The van der Waals surface area contributed by atoms with Gasteiger partial charge in [-0.2, -0.15) is 4.80 Å². The Bertz CT molecular complexity index is 607. The SMILES string of the molecule is CCOC1CC(n2nnc(-c3ccc(F)c(C)c3)n2)C1. The molecular formula is C14H17FN4O. The van der Waals surface area contributed by atoms with Crippen LogP contribution in [0.15, 0.2) is 18.2 Å². The van der Waals surface area contributed by atoms with E-state index in [0.29, 0.717) is 17.5 Å². The van der Waals surface area contributed by atoms with E-state index in [1.165, 1.54) is 6.07 Å². The first kappa shape index (κ1) is 13.2. The summed E-state index contributed by atoms with van der Waals surface area (Å²) in [7, 11) is 0. The van der Waals surface area contributed by atoms with Crippen molar-refractivity contribution in [3.05, 3.63) is 29.6 Å². The molecule has 0 unspecified atom stereocenters. The minimum Gasteiger partial charge on any atom is -0.378 e. The minimum absolute atomic E-state index is 0.223. The molecule has 0 radical (unpaired) electrons. The van der Waals surface area contributed by atoms with E-state index in [-0.39, 0.29) is 11.9 Å². The van der Waals surface area contributed by atoms with Gasteiger partial charge in [0.05, 0.1) is 12.1 Å². The highest BCUT2D eigenvalue weighted by atomic mass is 19.1. The zero-order valence-electron chi connectivity index (χ0n) is 11.6. The van der Waals surface area contributed by atoms with Crippen molar-refractivity contribution in [2.45, 2.75) is 38.8 Å². The Morgan fingerprint density at radius 3 is 2.90 bits per heavy atom. The summed E-state index contributed by atoms with van der Waals surface area (Å²) in [5.74, 6) is 0.313. The molecule has 1 aromatic heterocycles. The van der Waals surface area contributed by atoms with E-state index in [9.17, 15) is 4.39 Å². The standard InChI is InChI=1S/C14H17FN4O/c1-3-20-12-7-11(8-12)19-17-14(16-18-19)10-4-5-13(15)9(2)6-10/h4-6,11-12H,3,7-8H2,1-2H3. The number of tetrazole rings is 1. The predicted molar refractivity (Wildman–Crippen MR) is 71.6 cm³/mol. The normalized spacial score (nSPS) is 21.8. The third-order valence-corrected chi connectivity index (χ3v) is 3.64. The van der Waals surface area contributed by atoms with E-state index in [2.05, 4.69) is 15.4 Å². The smallest absolute Gasteiger partial charge is 0.204 e. The topological polar surface area (TPSA) is 52.8 Å². The highest BCUT2D eigenvalue weighted by Crippen LogP contribution is 2.33. The molecule has 0 atom stereocenters. The Labute approximate surface area is 116 Å². The summed E-state index contributed by atoms with van der Waals surface area (Å²) in [6.07, 6.45) is 2.16. The fourth-order valence-electron chi connectivity index (χ4n) is 2.38. The summed E-state index contributed by atoms with van der Waals surface area (Å²) >= 11 is 0. The van der Waals surface area contributed by atoms with E-state index < -0.39 is 0 Å². The quantitative estimate of drug-likeness (QED) is 0.861. The molecule has 0 spiro atoms. The van der Waals surface area contributed by atoms with Crippen molar-refractivity contribution in [2.24, 2.45) is 0 Å². The molecule has 1 saturated carbocycles. The third kappa shape index (κ3) is 2.43. The molecule has 0 saturated heterocycles. The fourth-order valence-corrected chi connectivity index (χ4v) is 2.38. The van der Waals surface area contributed by atoms with Gasteiger partial charge in [-0.25, -0.2) is 4.39 Å². The number of benzene rings is 1. The lowest BCUT2D eigenvalue weighted by molar-refractivity contribution is -0.0267. The van der Waals surface area contributed by atoms with Crippen molar-refractivity contribution >= 4 is 0 Å². The average molecular weight is 276 g/mol. The second-order valence-electron chi connectivity index (χ2n) is 5.10. The van der Waals surface area contributed by atoms with Crippen LogP contribution in [0.3, 0.4) is 0 Å². The molecule has 106 valence electrons. The summed E-state index contributed by atoms with van der Waals surface area (Å²) in [5.41, 5.74) is 1.37. The van der Waals surface area contributed by atoms with Gasteiger partial charge in [0.1, 0.15) is 5.82 Å². The number of halogens is 1. The van der Waals surface area contributed by atoms with Gasteiger partial charge in [0.25, 0.3) is 0 Å². The lowest BCUT2D eigenvalue weighted by atomic mass is 9.90. The molecule has 1 aliphatic carbocycles. The van der Waals surface area contributed by atoms with E-state index >= 15 is 0 Å². The number of ether oxygens (including phenoxy) is 1. The van der Waals surface area contributed by atoms with Crippen LogP contribution in [0.4, 0.5) is 4.39 Å². The molecule has 0 bridgehead atoms. The fraction of sp³-hybridized carbons (Fsp3) is 0.500. The van der Waals surface area contributed by atoms with Crippen LogP contribution < -0.4 is 0 Å². The maximum absolute atomic E-state index is 13.3. The van der Waals surface area contributed by atoms with Gasteiger partial charge in [-0.3, -0.25) is 0 Å². The molecule has 6 heteroatoms. The second kappa shape index (κ2) is 5.28. The first-order valence-electron chi connectivity index (χ1n) is 6.85. The lowest BCUT2D eigenvalue weighted by Crippen LogP contribution is -2.34. The highest BCUT2D eigenvalue weighted by Gasteiger charge is 2.32. The van der Waals surface area contributed by atoms with Crippen molar-refractivity contribution in [3.8, 4) is 11.4 Å². The Hall–Kier alpha value is -1.82. The van der Waals surface area contributed by atoms with Gasteiger partial charge in [0.2, 0.25) is 5.82 Å². The van der Waals surface area contributed by atoms with Crippen LogP contribution in [0.2, 0.25) is 0 Å². The number of hydrogen-bond donors (Lipinski definition) is 0. The van der Waals surface area contributed by atoms with Crippen LogP contribution in [-0.4, -0.2) is 32.9 Å². The molecular weight excluding hydrogens is 259 g/mol. The molecule has 2 aromatic rings. The molecule has 20 heavy (non-hydrogen) atoms. The van der Waals surface area contributed by atoms with Gasteiger partial charge < -0.3 is 4.74 Å². The van der Waals surface area contributed by atoms with Crippen LogP contribution in [0.5, 0.6) is 0 Å². The third-order valence-electron chi connectivity index (χ3n) is 3.64. The minimum atomic E-state index is -0.223. The van der Waals surface area contributed by atoms with Crippen LogP contribution in [0, 0.1) is 12.7 Å². The molecule has 0 aliphatic heterocycles. The summed E-state index contributed by atoms with van der Waals surface area (Å²) in [6.45, 7) is 4.46. The van der Waals surface area contributed by atoms with Crippen molar-refractivity contribution < 1.29 is 9.13 Å². The number of rotatable bonds is 4. The maximum atomic E-state index is 13.3. The Kier molecular flexibility index (Phi) is 3.48. The van der Waals surface area contributed by atoms with Crippen molar-refractivity contribution in [1.82, 2.24) is 20.2 Å². The largest absolute Gasteiger partial charge is 0.378 e. The van der Waals surface area contributed by atoms with E-state index in [1.54, 1.807) is 23.9 Å². The van der Waals surface area contributed by atoms with Gasteiger partial charge in [0.15, 0.2) is 0 Å². The molecule has 1 aliphatic rings. The van der Waals surface area contributed by atoms with Crippen molar-refractivity contribution in [1.29, 1.82) is 0 Å². The Morgan fingerprint density at radius 1 is 1.40 bits per heavy atom. The summed E-state index contributed by atoms with van der Waals surface area (Å²) in [6, 6.07) is 5.10. The molecule has 1 aromatic carbocycles. The molecule has 3 rings (SSSR count). The molecule has 5 nitrogen and oxygen atoms in total. The number of nitrogens with zero attached hydrogens (tertiary/aromatic N) is 4. The molecule has 0 amide bonds. The predicted octanol–water partition coefficient (Wildman–Crippen LogP) is 2.53. The van der Waals surface area contributed by atoms with Gasteiger partial charge in [-0.1, -0.05) is 0 Å². The number of aromatic nitrogens is 4. The van der Waals surface area contributed by atoms with Crippen molar-refractivity contribution in [3.63, 3.8) is 0 Å². The monoisotopic (exact) mass is 276 g/mol. The van der Waals surface area contributed by atoms with E-state index in [0.717, 1.165) is 25.0 Å². The highest BCUT2D eigenvalue weighted by molar-refractivity contribution is 5.55. The Balaban J connectivity index is 1.72. The zero-order chi connectivity index (χ0) is 14.1. The summed E-state index contributed by atoms with van der Waals surface area (Å²) in [5, 5.41) is 12.5. The maximum Gasteiger partial charge on any atom is 0.204 e.